The Labute approximate surface area is 207 Å². The number of likely N-dealkylation sites (tertiary alicyclic amines) is 1. The Balaban J connectivity index is 1.41. The van der Waals surface area contributed by atoms with Crippen LogP contribution in [0.3, 0.4) is 0 Å². The SMILES string of the molecule is CNc1cc(Nc2cccn(C3CCN(CCF)C3)c2=O)nc2c(C(=O)N[C@H]3CC[C@@H]3OC)cnn12. The predicted octanol–water partition coefficient (Wildman–Crippen LogP) is 1.80. The molecule has 1 aliphatic heterocycles. The number of nitrogens with zero attached hydrogens (tertiary/aromatic N) is 5. The van der Waals surface area contributed by atoms with E-state index in [0.717, 1.165) is 25.8 Å². The molecule has 2 aliphatic rings. The molecule has 12 heteroatoms. The van der Waals surface area contributed by atoms with E-state index in [0.29, 0.717) is 41.6 Å². The second-order valence-corrected chi connectivity index (χ2v) is 9.19. The third kappa shape index (κ3) is 4.53. The smallest absolute Gasteiger partial charge is 0.274 e. The van der Waals surface area contributed by atoms with Crippen molar-refractivity contribution in [3.63, 3.8) is 0 Å². The molecular weight excluding hydrogens is 467 g/mol. The van der Waals surface area contributed by atoms with Crippen molar-refractivity contribution >= 4 is 28.9 Å². The molecule has 1 amide bonds. The number of halogens is 1. The average molecular weight is 499 g/mol. The van der Waals surface area contributed by atoms with Crippen LogP contribution in [0.4, 0.5) is 21.7 Å². The molecule has 3 aromatic rings. The van der Waals surface area contributed by atoms with E-state index in [4.69, 9.17) is 4.74 Å². The fraction of sp³-hybridized carbons (Fsp3) is 0.500. The molecule has 1 saturated heterocycles. The number of hydrogen-bond donors (Lipinski definition) is 3. The summed E-state index contributed by atoms with van der Waals surface area (Å²) in [5.74, 6) is 0.735. The quantitative estimate of drug-likeness (QED) is 0.409. The molecule has 0 bridgehead atoms. The Bertz CT molecular complexity index is 1310. The second kappa shape index (κ2) is 10.2. The van der Waals surface area contributed by atoms with Crippen LogP contribution in [0.25, 0.3) is 5.65 Å². The normalized spacial score (nSPS) is 21.9. The number of carbonyl (C=O) groups excluding carboxylic acids is 1. The van der Waals surface area contributed by atoms with Crippen molar-refractivity contribution in [2.24, 2.45) is 0 Å². The molecule has 0 spiro atoms. The third-order valence-electron chi connectivity index (χ3n) is 7.08. The summed E-state index contributed by atoms with van der Waals surface area (Å²) in [6.07, 6.45) is 5.82. The summed E-state index contributed by atoms with van der Waals surface area (Å²) >= 11 is 0. The van der Waals surface area contributed by atoms with Gasteiger partial charge in [0, 0.05) is 46.1 Å². The number of fused-ring (bicyclic) bond motifs is 1. The van der Waals surface area contributed by atoms with E-state index in [9.17, 15) is 14.0 Å². The van der Waals surface area contributed by atoms with Crippen LogP contribution in [0, 0.1) is 0 Å². The zero-order valence-corrected chi connectivity index (χ0v) is 20.4. The molecule has 1 saturated carbocycles. The lowest BCUT2D eigenvalue weighted by molar-refractivity contribution is 0.00732. The van der Waals surface area contributed by atoms with Gasteiger partial charge in [-0.15, -0.1) is 0 Å². The molecule has 192 valence electrons. The molecule has 4 heterocycles. The van der Waals surface area contributed by atoms with Crippen molar-refractivity contribution in [2.45, 2.75) is 37.5 Å². The number of carbonyl (C=O) groups is 1. The number of methoxy groups -OCH3 is 1. The van der Waals surface area contributed by atoms with Crippen LogP contribution in [-0.4, -0.2) is 82.6 Å². The van der Waals surface area contributed by atoms with Gasteiger partial charge in [-0.1, -0.05) is 0 Å². The fourth-order valence-electron chi connectivity index (χ4n) is 4.92. The van der Waals surface area contributed by atoms with E-state index in [1.54, 1.807) is 41.6 Å². The maximum atomic E-state index is 13.3. The topological polar surface area (TPSA) is 118 Å². The molecule has 36 heavy (non-hydrogen) atoms. The monoisotopic (exact) mass is 498 g/mol. The maximum Gasteiger partial charge on any atom is 0.274 e. The summed E-state index contributed by atoms with van der Waals surface area (Å²) in [4.78, 5) is 32.9. The van der Waals surface area contributed by atoms with Gasteiger partial charge >= 0.3 is 0 Å². The summed E-state index contributed by atoms with van der Waals surface area (Å²) in [6.45, 7) is 1.39. The van der Waals surface area contributed by atoms with E-state index in [1.807, 2.05) is 11.0 Å². The number of ether oxygens (including phenoxy) is 1. The predicted molar refractivity (Wildman–Crippen MR) is 134 cm³/mol. The van der Waals surface area contributed by atoms with E-state index >= 15 is 0 Å². The Kier molecular flexibility index (Phi) is 6.88. The second-order valence-electron chi connectivity index (χ2n) is 9.19. The molecule has 3 aromatic heterocycles. The summed E-state index contributed by atoms with van der Waals surface area (Å²) < 4.78 is 21.4. The Hall–Kier alpha value is -3.51. The summed E-state index contributed by atoms with van der Waals surface area (Å²) in [6, 6.07) is 5.18. The zero-order chi connectivity index (χ0) is 25.2. The molecule has 3 atom stereocenters. The number of nitrogens with one attached hydrogen (secondary N) is 3. The first-order valence-electron chi connectivity index (χ1n) is 12.2. The van der Waals surface area contributed by atoms with Gasteiger partial charge in [0.2, 0.25) is 0 Å². The first-order chi connectivity index (χ1) is 17.5. The number of alkyl halides is 1. The van der Waals surface area contributed by atoms with Crippen LogP contribution in [0.2, 0.25) is 0 Å². The number of rotatable bonds is 9. The lowest BCUT2D eigenvalue weighted by atomic mass is 9.89. The van der Waals surface area contributed by atoms with Crippen LogP contribution in [0.1, 0.15) is 35.7 Å². The summed E-state index contributed by atoms with van der Waals surface area (Å²) in [7, 11) is 3.39. The van der Waals surface area contributed by atoms with Crippen LogP contribution < -0.4 is 21.5 Å². The molecule has 11 nitrogen and oxygen atoms in total. The Morgan fingerprint density at radius 3 is 2.89 bits per heavy atom. The lowest BCUT2D eigenvalue weighted by Crippen LogP contribution is -2.51. The van der Waals surface area contributed by atoms with Gasteiger partial charge in [0.05, 0.1) is 24.4 Å². The molecule has 2 fully saturated rings. The number of anilines is 3. The zero-order valence-electron chi connectivity index (χ0n) is 20.4. The van der Waals surface area contributed by atoms with Gasteiger partial charge < -0.3 is 25.3 Å². The highest BCUT2D eigenvalue weighted by Gasteiger charge is 2.33. The van der Waals surface area contributed by atoms with E-state index in [1.165, 1.54) is 6.20 Å². The molecule has 5 rings (SSSR count). The van der Waals surface area contributed by atoms with Crippen LogP contribution in [0.5, 0.6) is 0 Å². The molecule has 0 aromatic carbocycles. The van der Waals surface area contributed by atoms with E-state index in [2.05, 4.69) is 26.0 Å². The van der Waals surface area contributed by atoms with Crippen LogP contribution >= 0.6 is 0 Å². The van der Waals surface area contributed by atoms with Gasteiger partial charge in [0.25, 0.3) is 11.5 Å². The highest BCUT2D eigenvalue weighted by molar-refractivity contribution is 6.00. The minimum atomic E-state index is -0.395. The Morgan fingerprint density at radius 1 is 1.31 bits per heavy atom. The minimum absolute atomic E-state index is 0.0121. The third-order valence-corrected chi connectivity index (χ3v) is 7.08. The van der Waals surface area contributed by atoms with E-state index in [-0.39, 0.29) is 29.7 Å². The number of amides is 1. The minimum Gasteiger partial charge on any atom is -0.379 e. The number of pyridine rings is 1. The van der Waals surface area contributed by atoms with Crippen molar-refractivity contribution < 1.29 is 13.9 Å². The maximum absolute atomic E-state index is 13.3. The first-order valence-corrected chi connectivity index (χ1v) is 12.2. The highest BCUT2D eigenvalue weighted by Crippen LogP contribution is 2.25. The Morgan fingerprint density at radius 2 is 2.17 bits per heavy atom. The van der Waals surface area contributed by atoms with E-state index < -0.39 is 6.67 Å². The van der Waals surface area contributed by atoms with Crippen molar-refractivity contribution in [1.29, 1.82) is 0 Å². The molecule has 1 unspecified atom stereocenters. The summed E-state index contributed by atoms with van der Waals surface area (Å²) in [5, 5.41) is 13.5. The molecular formula is C24H31FN8O3. The van der Waals surface area contributed by atoms with Gasteiger partial charge in [0.1, 0.15) is 29.6 Å². The van der Waals surface area contributed by atoms with Gasteiger partial charge in [-0.3, -0.25) is 14.5 Å². The highest BCUT2D eigenvalue weighted by atomic mass is 19.1. The van der Waals surface area contributed by atoms with Crippen molar-refractivity contribution in [3.05, 3.63) is 46.5 Å². The first kappa shape index (κ1) is 24.2. The van der Waals surface area contributed by atoms with Crippen molar-refractivity contribution in [1.82, 2.24) is 29.4 Å². The molecule has 0 radical (unpaired) electrons. The molecule has 3 N–H and O–H groups in total. The largest absolute Gasteiger partial charge is 0.379 e. The van der Waals surface area contributed by atoms with Crippen LogP contribution in [-0.2, 0) is 4.74 Å². The fourth-order valence-corrected chi connectivity index (χ4v) is 4.92. The van der Waals surface area contributed by atoms with Crippen LogP contribution in [0.15, 0.2) is 35.4 Å². The number of hydrogen-bond acceptors (Lipinski definition) is 8. The lowest BCUT2D eigenvalue weighted by Gasteiger charge is -2.35. The van der Waals surface area contributed by atoms with Gasteiger partial charge in [-0.25, -0.2) is 9.37 Å². The van der Waals surface area contributed by atoms with Gasteiger partial charge in [-0.05, 0) is 31.4 Å². The average Bonchev–Trinajstić information content (AvgIpc) is 3.50. The number of aromatic nitrogens is 4. The van der Waals surface area contributed by atoms with Gasteiger partial charge in [-0.2, -0.15) is 9.61 Å². The molecule has 1 aliphatic carbocycles. The summed E-state index contributed by atoms with van der Waals surface area (Å²) in [5.41, 5.74) is 0.882. The standard InChI is InChI=1S/C24H31FN8O3/c1-26-21-12-20(28-18-4-3-9-32(24(18)35)15-7-10-31(14-15)11-8-25)30-22-16(13-27-33(21)22)23(34)29-17-5-6-19(17)36-2/h3-4,9,12-13,15,17,19,26H,5-8,10-11,14H2,1-2H3,(H,28,30)(H,29,34)/t15?,17-,19-/m0/s1. The van der Waals surface area contributed by atoms with Crippen molar-refractivity contribution in [2.75, 3.05) is 51.1 Å². The van der Waals surface area contributed by atoms with Gasteiger partial charge in [0.15, 0.2) is 5.65 Å². The van der Waals surface area contributed by atoms with Crippen molar-refractivity contribution in [3.8, 4) is 0 Å².